The molecule has 4 nitrogen and oxygen atoms in total. The number of amides is 1. The Morgan fingerprint density at radius 2 is 1.92 bits per heavy atom. The van der Waals surface area contributed by atoms with Crippen molar-refractivity contribution in [1.29, 1.82) is 0 Å². The summed E-state index contributed by atoms with van der Waals surface area (Å²) in [6.45, 7) is 4.14. The number of halogens is 3. The van der Waals surface area contributed by atoms with Crippen LogP contribution in [0, 0.1) is 6.92 Å². The van der Waals surface area contributed by atoms with Crippen molar-refractivity contribution < 1.29 is 22.7 Å². The number of aryl methyl sites for hydroxylation is 1. The van der Waals surface area contributed by atoms with Gasteiger partial charge in [-0.05, 0) is 12.5 Å². The Hall–Kier alpha value is -1.60. The second-order valence-corrected chi connectivity index (χ2v) is 6.06. The molecular weight excluding hydrogens is 321 g/mol. The molecule has 0 aliphatic carbocycles. The minimum absolute atomic E-state index is 0.00599. The van der Waals surface area contributed by atoms with Crippen molar-refractivity contribution in [2.24, 2.45) is 0 Å². The van der Waals surface area contributed by atoms with Crippen molar-refractivity contribution in [2.75, 3.05) is 39.4 Å². The quantitative estimate of drug-likeness (QED) is 0.744. The lowest BCUT2D eigenvalue weighted by atomic mass is 10.1. The van der Waals surface area contributed by atoms with Crippen molar-refractivity contribution in [3.05, 3.63) is 35.4 Å². The van der Waals surface area contributed by atoms with Crippen LogP contribution in [0.4, 0.5) is 13.2 Å². The van der Waals surface area contributed by atoms with Gasteiger partial charge in [-0.25, -0.2) is 0 Å². The second-order valence-electron chi connectivity index (χ2n) is 6.06. The van der Waals surface area contributed by atoms with Crippen LogP contribution in [0.25, 0.3) is 0 Å². The fourth-order valence-electron chi connectivity index (χ4n) is 2.73. The van der Waals surface area contributed by atoms with E-state index < -0.39 is 12.8 Å². The first kappa shape index (κ1) is 18.7. The molecular formula is C17H23F3N2O2. The molecule has 1 aliphatic heterocycles. The number of piperazine rings is 1. The summed E-state index contributed by atoms with van der Waals surface area (Å²) < 4.78 is 40.4. The maximum Gasteiger partial charge on any atom is 0.411 e. The number of alkyl halides is 3. The highest BCUT2D eigenvalue weighted by Crippen LogP contribution is 2.15. The van der Waals surface area contributed by atoms with Gasteiger partial charge in [0, 0.05) is 32.7 Å². The van der Waals surface area contributed by atoms with Crippen LogP contribution >= 0.6 is 0 Å². The Bertz CT molecular complexity index is 541. The van der Waals surface area contributed by atoms with Crippen molar-refractivity contribution >= 4 is 5.91 Å². The summed E-state index contributed by atoms with van der Waals surface area (Å²) in [6.07, 6.45) is -4.35. The van der Waals surface area contributed by atoms with Gasteiger partial charge < -0.3 is 9.64 Å². The van der Waals surface area contributed by atoms with E-state index in [0.29, 0.717) is 13.1 Å². The van der Waals surface area contributed by atoms with Gasteiger partial charge in [0.1, 0.15) is 6.61 Å². The number of hydrogen-bond acceptors (Lipinski definition) is 3. The molecule has 1 saturated heterocycles. The van der Waals surface area contributed by atoms with E-state index in [1.807, 2.05) is 6.07 Å². The molecule has 1 fully saturated rings. The molecule has 1 aromatic carbocycles. The molecule has 0 spiro atoms. The number of carbonyl (C=O) groups is 1. The highest BCUT2D eigenvalue weighted by atomic mass is 19.4. The van der Waals surface area contributed by atoms with E-state index in [2.05, 4.69) is 34.8 Å². The van der Waals surface area contributed by atoms with E-state index in [0.717, 1.165) is 19.6 Å². The Morgan fingerprint density at radius 1 is 1.21 bits per heavy atom. The van der Waals surface area contributed by atoms with Crippen molar-refractivity contribution in [3.63, 3.8) is 0 Å². The van der Waals surface area contributed by atoms with Gasteiger partial charge in [0.15, 0.2) is 0 Å². The molecule has 0 N–H and O–H groups in total. The summed E-state index contributed by atoms with van der Waals surface area (Å²) in [5.41, 5.74) is 2.47. The zero-order valence-electron chi connectivity index (χ0n) is 13.8. The molecule has 0 aromatic heterocycles. The fourth-order valence-corrected chi connectivity index (χ4v) is 2.73. The molecule has 24 heavy (non-hydrogen) atoms. The third kappa shape index (κ3) is 6.49. The van der Waals surface area contributed by atoms with E-state index in [1.54, 1.807) is 4.90 Å². The molecule has 0 radical (unpaired) electrons. The average molecular weight is 344 g/mol. The van der Waals surface area contributed by atoms with Crippen LogP contribution in [-0.2, 0) is 16.1 Å². The molecule has 1 aromatic rings. The predicted molar refractivity (Wildman–Crippen MR) is 84.5 cm³/mol. The van der Waals surface area contributed by atoms with E-state index in [9.17, 15) is 18.0 Å². The lowest BCUT2D eigenvalue weighted by Gasteiger charge is -2.34. The largest absolute Gasteiger partial charge is 0.411 e. The molecule has 2 rings (SSSR count). The van der Waals surface area contributed by atoms with Gasteiger partial charge in [0.2, 0.25) is 5.91 Å². The van der Waals surface area contributed by atoms with E-state index in [1.165, 1.54) is 11.1 Å². The first-order chi connectivity index (χ1) is 11.3. The zero-order valence-corrected chi connectivity index (χ0v) is 13.8. The van der Waals surface area contributed by atoms with Crippen molar-refractivity contribution in [1.82, 2.24) is 9.80 Å². The molecule has 134 valence electrons. The Labute approximate surface area is 140 Å². The smallest absolute Gasteiger partial charge is 0.372 e. The van der Waals surface area contributed by atoms with Gasteiger partial charge in [0.25, 0.3) is 0 Å². The lowest BCUT2D eigenvalue weighted by molar-refractivity contribution is -0.175. The Morgan fingerprint density at radius 3 is 2.54 bits per heavy atom. The summed E-state index contributed by atoms with van der Waals surface area (Å²) >= 11 is 0. The minimum Gasteiger partial charge on any atom is -0.372 e. The molecule has 1 amide bonds. The number of hydrogen-bond donors (Lipinski definition) is 0. The van der Waals surface area contributed by atoms with Crippen molar-refractivity contribution in [3.8, 4) is 0 Å². The van der Waals surface area contributed by atoms with Crippen LogP contribution in [0.2, 0.25) is 0 Å². The molecule has 0 saturated carbocycles. The highest BCUT2D eigenvalue weighted by molar-refractivity contribution is 5.76. The van der Waals surface area contributed by atoms with Crippen LogP contribution in [0.3, 0.4) is 0 Å². The standard InChI is InChI=1S/C17H23F3N2O2/c1-14-3-2-4-15(11-14)12-21-6-8-22(9-7-21)16(23)5-10-24-13-17(18,19)20/h2-4,11H,5-10,12-13H2,1H3. The van der Waals surface area contributed by atoms with E-state index in [-0.39, 0.29) is 18.9 Å². The maximum absolute atomic E-state index is 12.0. The Balaban J connectivity index is 1.67. The van der Waals surface area contributed by atoms with Crippen molar-refractivity contribution in [2.45, 2.75) is 26.1 Å². The third-order valence-electron chi connectivity index (χ3n) is 3.94. The number of benzene rings is 1. The highest BCUT2D eigenvalue weighted by Gasteiger charge is 2.27. The van der Waals surface area contributed by atoms with Gasteiger partial charge in [-0.3, -0.25) is 9.69 Å². The maximum atomic E-state index is 12.0. The summed E-state index contributed by atoms with van der Waals surface area (Å²) in [7, 11) is 0. The fraction of sp³-hybridized carbons (Fsp3) is 0.588. The molecule has 1 heterocycles. The van der Waals surface area contributed by atoms with Crippen LogP contribution in [0.1, 0.15) is 17.5 Å². The summed E-state index contributed by atoms with van der Waals surface area (Å²) in [5.74, 6) is -0.146. The molecule has 0 bridgehead atoms. The normalized spacial score (nSPS) is 16.4. The van der Waals surface area contributed by atoms with Crippen LogP contribution in [0.5, 0.6) is 0 Å². The first-order valence-corrected chi connectivity index (χ1v) is 8.04. The molecule has 7 heteroatoms. The molecule has 1 aliphatic rings. The lowest BCUT2D eigenvalue weighted by Crippen LogP contribution is -2.48. The summed E-state index contributed by atoms with van der Waals surface area (Å²) in [4.78, 5) is 16.0. The topological polar surface area (TPSA) is 32.8 Å². The van der Waals surface area contributed by atoms with E-state index in [4.69, 9.17) is 0 Å². The first-order valence-electron chi connectivity index (χ1n) is 8.04. The number of rotatable bonds is 6. The SMILES string of the molecule is Cc1cccc(CN2CCN(C(=O)CCOCC(F)(F)F)CC2)c1. The van der Waals surface area contributed by atoms with Gasteiger partial charge in [0.05, 0.1) is 13.0 Å². The Kier molecular flexibility index (Phi) is 6.62. The molecule has 0 unspecified atom stereocenters. The molecule has 0 atom stereocenters. The number of ether oxygens (including phenoxy) is 1. The predicted octanol–water partition coefficient (Wildman–Crippen LogP) is 2.61. The zero-order chi connectivity index (χ0) is 17.6. The van der Waals surface area contributed by atoms with Crippen LogP contribution < -0.4 is 0 Å². The second kappa shape index (κ2) is 8.48. The van der Waals surface area contributed by atoms with Crippen LogP contribution in [-0.4, -0.2) is 61.3 Å². The van der Waals surface area contributed by atoms with Gasteiger partial charge in [-0.2, -0.15) is 13.2 Å². The van der Waals surface area contributed by atoms with Gasteiger partial charge >= 0.3 is 6.18 Å². The summed E-state index contributed by atoms with van der Waals surface area (Å²) in [6, 6.07) is 8.32. The third-order valence-corrected chi connectivity index (χ3v) is 3.94. The minimum atomic E-state index is -4.34. The summed E-state index contributed by atoms with van der Waals surface area (Å²) in [5, 5.41) is 0. The number of nitrogens with zero attached hydrogens (tertiary/aromatic N) is 2. The van der Waals surface area contributed by atoms with Gasteiger partial charge in [-0.15, -0.1) is 0 Å². The average Bonchev–Trinajstić information content (AvgIpc) is 2.51. The van der Waals surface area contributed by atoms with E-state index >= 15 is 0 Å². The van der Waals surface area contributed by atoms with Gasteiger partial charge in [-0.1, -0.05) is 29.8 Å². The van der Waals surface area contributed by atoms with Crippen LogP contribution in [0.15, 0.2) is 24.3 Å². The number of carbonyl (C=O) groups excluding carboxylic acids is 1. The monoisotopic (exact) mass is 344 g/mol.